The molecule has 0 saturated carbocycles. The molecule has 3 aromatic rings. The Morgan fingerprint density at radius 1 is 1.18 bits per heavy atom. The maximum Gasteiger partial charge on any atom is 0.276 e. The van der Waals surface area contributed by atoms with Gasteiger partial charge in [0.15, 0.2) is 11.8 Å². The maximum atomic E-state index is 5.31. The van der Waals surface area contributed by atoms with E-state index in [1.807, 2.05) is 18.2 Å². The number of nitrogens with zero attached hydrogens (tertiary/aromatic N) is 5. The highest BCUT2D eigenvalue weighted by Crippen LogP contribution is 2.18. The Balaban J connectivity index is 1.40. The van der Waals surface area contributed by atoms with Gasteiger partial charge in [0.25, 0.3) is 5.89 Å². The Bertz CT molecular complexity index is 937. The molecule has 0 amide bonds. The third-order valence-electron chi connectivity index (χ3n) is 4.71. The molecule has 144 valence electrons. The third kappa shape index (κ3) is 4.19. The lowest BCUT2D eigenvalue weighted by Gasteiger charge is -2.31. The first-order valence-electron chi connectivity index (χ1n) is 9.67. The van der Waals surface area contributed by atoms with Gasteiger partial charge in [-0.05, 0) is 36.6 Å². The van der Waals surface area contributed by atoms with Crippen LogP contribution < -0.4 is 5.32 Å². The number of pyridine rings is 1. The molecule has 1 N–H and O–H groups in total. The molecule has 0 atom stereocenters. The first kappa shape index (κ1) is 18.2. The molecule has 7 heteroatoms. The standard InChI is InChI=1S/C21H24N6O/c1-2-22-21(27-14-11-16-7-3-4-8-17(16)15-27)24-13-10-19-25-20(28-26-19)18-9-5-6-12-23-18/h3-9,12H,2,10-11,13-15H2,1H3,(H,22,24). The molecule has 0 aliphatic carbocycles. The molecule has 1 aliphatic heterocycles. The van der Waals surface area contributed by atoms with Gasteiger partial charge >= 0.3 is 0 Å². The predicted octanol–water partition coefficient (Wildman–Crippen LogP) is 2.70. The molecule has 2 aromatic heterocycles. The fourth-order valence-corrected chi connectivity index (χ4v) is 3.31. The van der Waals surface area contributed by atoms with Crippen molar-refractivity contribution < 1.29 is 4.52 Å². The van der Waals surface area contributed by atoms with Crippen molar-refractivity contribution in [1.82, 2.24) is 25.3 Å². The number of hydrogen-bond acceptors (Lipinski definition) is 5. The second kappa shape index (κ2) is 8.65. The van der Waals surface area contributed by atoms with E-state index in [4.69, 9.17) is 9.52 Å². The highest BCUT2D eigenvalue weighted by Gasteiger charge is 2.18. The zero-order valence-electron chi connectivity index (χ0n) is 16.0. The quantitative estimate of drug-likeness (QED) is 0.545. The molecular weight excluding hydrogens is 352 g/mol. The number of aliphatic imine (C=N–C) groups is 1. The summed E-state index contributed by atoms with van der Waals surface area (Å²) in [5.74, 6) is 2.02. The van der Waals surface area contributed by atoms with Gasteiger partial charge in [0.2, 0.25) is 0 Å². The van der Waals surface area contributed by atoms with Crippen LogP contribution in [0.2, 0.25) is 0 Å². The van der Waals surface area contributed by atoms with Crippen LogP contribution in [0.15, 0.2) is 58.2 Å². The number of hydrogen-bond donors (Lipinski definition) is 1. The van der Waals surface area contributed by atoms with E-state index in [0.29, 0.717) is 30.4 Å². The van der Waals surface area contributed by atoms with Crippen LogP contribution in [0.5, 0.6) is 0 Å². The number of rotatable bonds is 5. The van der Waals surface area contributed by atoms with Crippen LogP contribution in [-0.4, -0.2) is 45.6 Å². The highest BCUT2D eigenvalue weighted by atomic mass is 16.5. The fraction of sp³-hybridized carbons (Fsp3) is 0.333. The van der Waals surface area contributed by atoms with E-state index in [1.54, 1.807) is 6.20 Å². The van der Waals surface area contributed by atoms with Crippen LogP contribution in [0, 0.1) is 0 Å². The van der Waals surface area contributed by atoms with Gasteiger partial charge in [-0.2, -0.15) is 4.98 Å². The number of fused-ring (bicyclic) bond motifs is 1. The average Bonchev–Trinajstić information content (AvgIpc) is 3.22. The molecule has 7 nitrogen and oxygen atoms in total. The molecule has 0 saturated heterocycles. The molecule has 0 bridgehead atoms. The minimum absolute atomic E-state index is 0.444. The normalized spacial score (nSPS) is 14.0. The van der Waals surface area contributed by atoms with Crippen molar-refractivity contribution in [1.29, 1.82) is 0 Å². The second-order valence-electron chi connectivity index (χ2n) is 6.66. The minimum atomic E-state index is 0.444. The SMILES string of the molecule is CCNC(=NCCc1noc(-c2ccccn2)n1)N1CCc2ccccc2C1. The first-order valence-corrected chi connectivity index (χ1v) is 9.67. The number of aromatic nitrogens is 3. The van der Waals surface area contributed by atoms with Gasteiger partial charge in [0, 0.05) is 38.8 Å². The predicted molar refractivity (Wildman–Crippen MR) is 108 cm³/mol. The smallest absolute Gasteiger partial charge is 0.276 e. The summed E-state index contributed by atoms with van der Waals surface area (Å²) >= 11 is 0. The number of guanidine groups is 1. The van der Waals surface area contributed by atoms with Gasteiger partial charge in [0.05, 0.1) is 0 Å². The summed E-state index contributed by atoms with van der Waals surface area (Å²) < 4.78 is 5.31. The molecule has 28 heavy (non-hydrogen) atoms. The minimum Gasteiger partial charge on any atom is -0.357 e. The summed E-state index contributed by atoms with van der Waals surface area (Å²) in [5.41, 5.74) is 3.49. The fourth-order valence-electron chi connectivity index (χ4n) is 3.31. The molecule has 0 spiro atoms. The molecule has 0 unspecified atom stereocenters. The van der Waals surface area contributed by atoms with E-state index in [1.165, 1.54) is 11.1 Å². The largest absolute Gasteiger partial charge is 0.357 e. The zero-order chi connectivity index (χ0) is 19.2. The van der Waals surface area contributed by atoms with Gasteiger partial charge in [-0.15, -0.1) is 0 Å². The van der Waals surface area contributed by atoms with Crippen LogP contribution in [0.1, 0.15) is 23.9 Å². The van der Waals surface area contributed by atoms with Gasteiger partial charge in [-0.3, -0.25) is 9.98 Å². The van der Waals surface area contributed by atoms with Crippen molar-refractivity contribution in [2.24, 2.45) is 4.99 Å². The van der Waals surface area contributed by atoms with E-state index < -0.39 is 0 Å². The average molecular weight is 376 g/mol. The summed E-state index contributed by atoms with van der Waals surface area (Å²) in [5, 5.41) is 7.45. The van der Waals surface area contributed by atoms with Crippen molar-refractivity contribution in [2.75, 3.05) is 19.6 Å². The van der Waals surface area contributed by atoms with Crippen molar-refractivity contribution in [3.05, 3.63) is 65.6 Å². The lowest BCUT2D eigenvalue weighted by atomic mass is 10.0. The number of nitrogens with one attached hydrogen (secondary N) is 1. The van der Waals surface area contributed by atoms with Gasteiger partial charge in [0.1, 0.15) is 5.69 Å². The van der Waals surface area contributed by atoms with E-state index in [2.05, 4.69) is 56.5 Å². The van der Waals surface area contributed by atoms with E-state index in [0.717, 1.165) is 32.0 Å². The van der Waals surface area contributed by atoms with Crippen LogP contribution in [0.4, 0.5) is 0 Å². The molecule has 0 radical (unpaired) electrons. The molecule has 4 rings (SSSR count). The second-order valence-corrected chi connectivity index (χ2v) is 6.66. The van der Waals surface area contributed by atoms with Crippen molar-refractivity contribution in [2.45, 2.75) is 26.3 Å². The van der Waals surface area contributed by atoms with Crippen LogP contribution >= 0.6 is 0 Å². The lowest BCUT2D eigenvalue weighted by Crippen LogP contribution is -2.44. The summed E-state index contributed by atoms with van der Waals surface area (Å²) in [6, 6.07) is 14.2. The van der Waals surface area contributed by atoms with E-state index in [-0.39, 0.29) is 0 Å². The Morgan fingerprint density at radius 2 is 2.04 bits per heavy atom. The van der Waals surface area contributed by atoms with Crippen LogP contribution in [0.25, 0.3) is 11.6 Å². The van der Waals surface area contributed by atoms with Gasteiger partial charge in [-0.1, -0.05) is 35.5 Å². The summed E-state index contributed by atoms with van der Waals surface area (Å²) in [7, 11) is 0. The molecule has 0 fully saturated rings. The number of benzene rings is 1. The summed E-state index contributed by atoms with van der Waals surface area (Å²) in [4.78, 5) is 15.7. The topological polar surface area (TPSA) is 79.4 Å². The Labute approximate surface area is 164 Å². The summed E-state index contributed by atoms with van der Waals surface area (Å²) in [6.45, 7) is 5.37. The van der Waals surface area contributed by atoms with Crippen molar-refractivity contribution in [3.63, 3.8) is 0 Å². The Morgan fingerprint density at radius 3 is 2.86 bits per heavy atom. The van der Waals surface area contributed by atoms with Gasteiger partial charge < -0.3 is 14.7 Å². The maximum absolute atomic E-state index is 5.31. The lowest BCUT2D eigenvalue weighted by molar-refractivity contribution is 0.378. The first-order chi connectivity index (χ1) is 13.8. The third-order valence-corrected chi connectivity index (χ3v) is 4.71. The molecule has 1 aromatic carbocycles. The zero-order valence-corrected chi connectivity index (χ0v) is 16.0. The molecular formula is C21H24N6O. The highest BCUT2D eigenvalue weighted by molar-refractivity contribution is 5.80. The Kier molecular flexibility index (Phi) is 5.61. The molecule has 3 heterocycles. The van der Waals surface area contributed by atoms with E-state index >= 15 is 0 Å². The molecule has 1 aliphatic rings. The van der Waals surface area contributed by atoms with Crippen LogP contribution in [0.3, 0.4) is 0 Å². The summed E-state index contributed by atoms with van der Waals surface area (Å²) in [6.07, 6.45) is 3.37. The van der Waals surface area contributed by atoms with Crippen molar-refractivity contribution in [3.8, 4) is 11.6 Å². The van der Waals surface area contributed by atoms with E-state index in [9.17, 15) is 0 Å². The Hall–Kier alpha value is -3.22. The van der Waals surface area contributed by atoms with Crippen molar-refractivity contribution >= 4 is 5.96 Å². The monoisotopic (exact) mass is 376 g/mol. The van der Waals surface area contributed by atoms with Crippen LogP contribution in [-0.2, 0) is 19.4 Å². The van der Waals surface area contributed by atoms with Gasteiger partial charge in [-0.25, -0.2) is 0 Å².